The van der Waals surface area contributed by atoms with E-state index < -0.39 is 0 Å². The molecule has 1 aromatic rings. The van der Waals surface area contributed by atoms with Crippen molar-refractivity contribution >= 4 is 29.2 Å². The molecular weight excluding hydrogens is 358 g/mol. The average molecular weight is 385 g/mol. The number of hydrogen-bond acceptors (Lipinski definition) is 5. The first-order valence-electron chi connectivity index (χ1n) is 10.3. The summed E-state index contributed by atoms with van der Waals surface area (Å²) >= 11 is 0. The van der Waals surface area contributed by atoms with Crippen LogP contribution in [0.2, 0.25) is 0 Å². The lowest BCUT2D eigenvalue weighted by atomic mass is 9.95. The van der Waals surface area contributed by atoms with Crippen LogP contribution in [0, 0.1) is 5.92 Å². The maximum Gasteiger partial charge on any atom is 0.309 e. The fourth-order valence-corrected chi connectivity index (χ4v) is 4.49. The van der Waals surface area contributed by atoms with Crippen molar-refractivity contribution in [2.75, 3.05) is 36.5 Å². The molecule has 3 aliphatic heterocycles. The predicted molar refractivity (Wildman–Crippen MR) is 105 cm³/mol. The molecule has 0 unspecified atom stereocenters. The van der Waals surface area contributed by atoms with Crippen molar-refractivity contribution in [1.29, 1.82) is 0 Å². The third kappa shape index (κ3) is 3.45. The van der Waals surface area contributed by atoms with E-state index in [0.717, 1.165) is 37.2 Å². The van der Waals surface area contributed by atoms with Gasteiger partial charge in [-0.25, -0.2) is 0 Å². The summed E-state index contributed by atoms with van der Waals surface area (Å²) in [6.07, 6.45) is 4.28. The second kappa shape index (κ2) is 7.81. The van der Waals surface area contributed by atoms with Gasteiger partial charge in [-0.15, -0.1) is 0 Å². The van der Waals surface area contributed by atoms with Crippen molar-refractivity contribution in [3.63, 3.8) is 0 Å². The molecule has 3 heterocycles. The number of rotatable bonds is 3. The van der Waals surface area contributed by atoms with Crippen LogP contribution in [-0.2, 0) is 14.3 Å². The van der Waals surface area contributed by atoms with Gasteiger partial charge in [-0.3, -0.25) is 14.4 Å². The molecule has 0 saturated carbocycles. The fraction of sp³-hybridized carbons (Fsp3) is 0.571. The molecule has 28 heavy (non-hydrogen) atoms. The molecule has 0 bridgehead atoms. The minimum Gasteiger partial charge on any atom is -0.466 e. The zero-order valence-corrected chi connectivity index (χ0v) is 16.3. The largest absolute Gasteiger partial charge is 0.466 e. The summed E-state index contributed by atoms with van der Waals surface area (Å²) in [5, 5.41) is 2.98. The molecule has 4 rings (SSSR count). The van der Waals surface area contributed by atoms with E-state index >= 15 is 0 Å². The van der Waals surface area contributed by atoms with Gasteiger partial charge in [0.1, 0.15) is 6.04 Å². The van der Waals surface area contributed by atoms with Crippen LogP contribution < -0.4 is 10.2 Å². The molecule has 1 N–H and O–H groups in total. The van der Waals surface area contributed by atoms with E-state index in [1.54, 1.807) is 17.9 Å². The van der Waals surface area contributed by atoms with E-state index in [2.05, 4.69) is 10.2 Å². The number of fused-ring (bicyclic) bond motifs is 3. The first-order chi connectivity index (χ1) is 13.6. The van der Waals surface area contributed by atoms with E-state index in [-0.39, 0.29) is 29.7 Å². The Morgan fingerprint density at radius 2 is 1.93 bits per heavy atom. The molecule has 2 fully saturated rings. The Kier molecular flexibility index (Phi) is 5.24. The lowest BCUT2D eigenvalue weighted by Crippen LogP contribution is -2.50. The van der Waals surface area contributed by atoms with E-state index in [9.17, 15) is 14.4 Å². The Bertz CT molecular complexity index is 786. The number of ether oxygens (including phenoxy) is 1. The Morgan fingerprint density at radius 3 is 2.68 bits per heavy atom. The number of carbonyl (C=O) groups is 3. The third-order valence-corrected chi connectivity index (χ3v) is 6.02. The van der Waals surface area contributed by atoms with Crippen molar-refractivity contribution in [3.8, 4) is 0 Å². The topological polar surface area (TPSA) is 79.0 Å². The molecule has 1 atom stereocenters. The summed E-state index contributed by atoms with van der Waals surface area (Å²) in [4.78, 5) is 41.2. The SMILES string of the molecule is CCOC(=O)C1CCN(C(=O)c2ccc3c(c2)NC(=O)[C@H]2CCCCN32)CC1. The van der Waals surface area contributed by atoms with Crippen molar-refractivity contribution in [2.24, 2.45) is 5.92 Å². The van der Waals surface area contributed by atoms with Gasteiger partial charge in [-0.1, -0.05) is 0 Å². The average Bonchev–Trinajstić information content (AvgIpc) is 2.73. The van der Waals surface area contributed by atoms with Crippen molar-refractivity contribution < 1.29 is 19.1 Å². The number of benzene rings is 1. The van der Waals surface area contributed by atoms with Crippen LogP contribution in [0.25, 0.3) is 0 Å². The Hall–Kier alpha value is -2.57. The van der Waals surface area contributed by atoms with Crippen molar-refractivity contribution in [1.82, 2.24) is 4.90 Å². The molecule has 150 valence electrons. The summed E-state index contributed by atoms with van der Waals surface area (Å²) in [5.74, 6) is -0.322. The standard InChI is InChI=1S/C21H27N3O4/c1-2-28-21(27)14-8-11-23(12-9-14)20(26)15-6-7-17-16(13-15)22-19(25)18-5-3-4-10-24(17)18/h6-7,13-14,18H,2-5,8-12H2,1H3,(H,22,25)/t18-/m1/s1. The van der Waals surface area contributed by atoms with Gasteiger partial charge in [-0.05, 0) is 57.2 Å². The summed E-state index contributed by atoms with van der Waals surface area (Å²) in [5.41, 5.74) is 2.29. The number of likely N-dealkylation sites (tertiary alicyclic amines) is 1. The van der Waals surface area contributed by atoms with Gasteiger partial charge in [0, 0.05) is 25.2 Å². The van der Waals surface area contributed by atoms with Gasteiger partial charge in [0.2, 0.25) is 5.91 Å². The van der Waals surface area contributed by atoms with Crippen LogP contribution in [0.15, 0.2) is 18.2 Å². The van der Waals surface area contributed by atoms with Crippen molar-refractivity contribution in [3.05, 3.63) is 23.8 Å². The van der Waals surface area contributed by atoms with E-state index in [1.807, 2.05) is 12.1 Å². The fourth-order valence-electron chi connectivity index (χ4n) is 4.49. The summed E-state index contributed by atoms with van der Waals surface area (Å²) < 4.78 is 5.09. The molecule has 2 saturated heterocycles. The third-order valence-electron chi connectivity index (χ3n) is 6.02. The van der Waals surface area contributed by atoms with Gasteiger partial charge in [-0.2, -0.15) is 0 Å². The molecule has 0 spiro atoms. The van der Waals surface area contributed by atoms with Crippen molar-refractivity contribution in [2.45, 2.75) is 45.1 Å². The molecule has 7 heteroatoms. The summed E-state index contributed by atoms with van der Waals surface area (Å²) in [6.45, 7) is 4.15. The highest BCUT2D eigenvalue weighted by Gasteiger charge is 2.35. The number of hydrogen-bond donors (Lipinski definition) is 1. The maximum atomic E-state index is 12.9. The van der Waals surface area contributed by atoms with E-state index in [0.29, 0.717) is 38.1 Å². The van der Waals surface area contributed by atoms with Gasteiger partial charge >= 0.3 is 5.97 Å². The van der Waals surface area contributed by atoms with Crippen LogP contribution >= 0.6 is 0 Å². The second-order valence-electron chi connectivity index (χ2n) is 7.74. The first kappa shape index (κ1) is 18.8. The lowest BCUT2D eigenvalue weighted by molar-refractivity contribution is -0.149. The molecule has 7 nitrogen and oxygen atoms in total. The Labute approximate surface area is 165 Å². The molecule has 0 aliphatic carbocycles. The minimum absolute atomic E-state index is 0.0204. The summed E-state index contributed by atoms with van der Waals surface area (Å²) in [6, 6.07) is 5.50. The number of nitrogens with zero attached hydrogens (tertiary/aromatic N) is 2. The number of piperidine rings is 2. The van der Waals surface area contributed by atoms with Crippen LogP contribution in [0.4, 0.5) is 11.4 Å². The molecule has 1 aromatic carbocycles. The molecule has 3 aliphatic rings. The Balaban J connectivity index is 1.46. The highest BCUT2D eigenvalue weighted by molar-refractivity contribution is 6.05. The number of anilines is 2. The van der Waals surface area contributed by atoms with E-state index in [4.69, 9.17) is 4.74 Å². The second-order valence-corrected chi connectivity index (χ2v) is 7.74. The lowest BCUT2D eigenvalue weighted by Gasteiger charge is -2.41. The smallest absolute Gasteiger partial charge is 0.309 e. The number of carbonyl (C=O) groups excluding carboxylic acids is 3. The highest BCUT2D eigenvalue weighted by Crippen LogP contribution is 2.36. The minimum atomic E-state index is -0.165. The van der Waals surface area contributed by atoms with Crippen LogP contribution in [0.1, 0.15) is 49.4 Å². The van der Waals surface area contributed by atoms with E-state index in [1.165, 1.54) is 0 Å². The number of amides is 2. The van der Waals surface area contributed by atoms with Crippen LogP contribution in [0.5, 0.6) is 0 Å². The van der Waals surface area contributed by atoms with Crippen LogP contribution in [-0.4, -0.2) is 55.0 Å². The van der Waals surface area contributed by atoms with Crippen LogP contribution in [0.3, 0.4) is 0 Å². The normalized spacial score (nSPS) is 22.2. The predicted octanol–water partition coefficient (Wildman–Crippen LogP) is 2.41. The van der Waals surface area contributed by atoms with Gasteiger partial charge in [0.05, 0.1) is 23.9 Å². The highest BCUT2D eigenvalue weighted by atomic mass is 16.5. The monoisotopic (exact) mass is 385 g/mol. The number of nitrogens with one attached hydrogen (secondary N) is 1. The number of esters is 1. The van der Waals surface area contributed by atoms with Gasteiger partial charge in [0.25, 0.3) is 5.91 Å². The maximum absolute atomic E-state index is 12.9. The molecule has 0 radical (unpaired) electrons. The molecule has 0 aromatic heterocycles. The zero-order valence-electron chi connectivity index (χ0n) is 16.3. The summed E-state index contributed by atoms with van der Waals surface area (Å²) in [7, 11) is 0. The molecular formula is C21H27N3O4. The zero-order chi connectivity index (χ0) is 19.7. The first-order valence-corrected chi connectivity index (χ1v) is 10.3. The Morgan fingerprint density at radius 1 is 1.14 bits per heavy atom. The molecule has 2 amide bonds. The quantitative estimate of drug-likeness (QED) is 0.809. The van der Waals surface area contributed by atoms with Gasteiger partial charge in [0.15, 0.2) is 0 Å². The van der Waals surface area contributed by atoms with Gasteiger partial charge < -0.3 is 19.9 Å².